The van der Waals surface area contributed by atoms with E-state index in [9.17, 15) is 8.78 Å². The molecule has 0 heterocycles. The number of hydrogen-bond acceptors (Lipinski definition) is 2. The summed E-state index contributed by atoms with van der Waals surface area (Å²) in [5.41, 5.74) is 0.844. The van der Waals surface area contributed by atoms with Crippen LogP contribution in [-0.4, -0.2) is 13.2 Å². The number of halogens is 2. The fraction of sp³-hybridized carbons (Fsp3) is 0.520. The number of benzene rings is 2. The Bertz CT molecular complexity index is 714. The van der Waals surface area contributed by atoms with Gasteiger partial charge in [-0.05, 0) is 42.7 Å². The molecule has 0 atom stereocenters. The zero-order valence-electron chi connectivity index (χ0n) is 17.8. The maximum atomic E-state index is 14.5. The summed E-state index contributed by atoms with van der Waals surface area (Å²) in [5.74, 6) is -1.08. The molecular formula is C25H34F2O2. The first-order valence-corrected chi connectivity index (χ1v) is 11.0. The van der Waals surface area contributed by atoms with Crippen molar-refractivity contribution >= 4 is 0 Å². The van der Waals surface area contributed by atoms with Crippen molar-refractivity contribution in [2.75, 3.05) is 13.2 Å². The van der Waals surface area contributed by atoms with E-state index in [4.69, 9.17) is 9.47 Å². The lowest BCUT2D eigenvalue weighted by atomic mass is 10.0. The minimum absolute atomic E-state index is 0.0266. The second kappa shape index (κ2) is 13.2. The molecule has 0 aliphatic heterocycles. The van der Waals surface area contributed by atoms with E-state index in [0.29, 0.717) is 18.8 Å². The lowest BCUT2D eigenvalue weighted by Gasteiger charge is -2.11. The van der Waals surface area contributed by atoms with Gasteiger partial charge in [0.05, 0.1) is 13.2 Å². The highest BCUT2D eigenvalue weighted by atomic mass is 19.2. The highest BCUT2D eigenvalue weighted by Gasteiger charge is 2.15. The SMILES string of the molecule is CCCCCCCCOc1ccc(-c2ccc(OCCCCC)c(F)c2F)cc1. The largest absolute Gasteiger partial charge is 0.494 e. The lowest BCUT2D eigenvalue weighted by molar-refractivity contribution is 0.286. The average Bonchev–Trinajstić information content (AvgIpc) is 2.74. The maximum Gasteiger partial charge on any atom is 0.201 e. The summed E-state index contributed by atoms with van der Waals surface area (Å²) in [4.78, 5) is 0. The zero-order valence-corrected chi connectivity index (χ0v) is 17.8. The molecule has 0 amide bonds. The van der Waals surface area contributed by atoms with Gasteiger partial charge in [-0.1, -0.05) is 70.9 Å². The summed E-state index contributed by atoms with van der Waals surface area (Å²) >= 11 is 0. The Labute approximate surface area is 174 Å². The van der Waals surface area contributed by atoms with Crippen molar-refractivity contribution in [3.8, 4) is 22.6 Å². The molecule has 0 bridgehead atoms. The first kappa shape index (κ1) is 23.2. The van der Waals surface area contributed by atoms with Crippen molar-refractivity contribution in [3.05, 3.63) is 48.0 Å². The summed E-state index contributed by atoms with van der Waals surface area (Å²) in [5, 5.41) is 0. The molecule has 2 nitrogen and oxygen atoms in total. The van der Waals surface area contributed by atoms with Gasteiger partial charge in [0.2, 0.25) is 5.82 Å². The van der Waals surface area contributed by atoms with Crippen molar-refractivity contribution in [3.63, 3.8) is 0 Å². The molecule has 4 heteroatoms. The molecule has 0 aliphatic rings. The minimum Gasteiger partial charge on any atom is -0.494 e. The standard InChI is InChI=1S/C25H34F2O2/c1-3-5-7-8-9-11-18-28-21-14-12-20(13-15-21)22-16-17-23(25(27)24(22)26)29-19-10-6-4-2/h12-17H,3-11,18-19H2,1-2H3. The van der Waals surface area contributed by atoms with Crippen LogP contribution in [0.3, 0.4) is 0 Å². The maximum absolute atomic E-state index is 14.5. The first-order valence-electron chi connectivity index (χ1n) is 11.0. The number of unbranched alkanes of at least 4 members (excludes halogenated alkanes) is 7. The fourth-order valence-corrected chi connectivity index (χ4v) is 3.20. The van der Waals surface area contributed by atoms with Crippen LogP contribution in [0, 0.1) is 11.6 Å². The van der Waals surface area contributed by atoms with Crippen LogP contribution in [0.4, 0.5) is 8.78 Å². The van der Waals surface area contributed by atoms with Crippen molar-refractivity contribution in [1.82, 2.24) is 0 Å². The molecule has 0 fully saturated rings. The van der Waals surface area contributed by atoms with E-state index >= 15 is 0 Å². The van der Waals surface area contributed by atoms with Crippen molar-refractivity contribution in [1.29, 1.82) is 0 Å². The molecule has 29 heavy (non-hydrogen) atoms. The molecule has 0 spiro atoms. The van der Waals surface area contributed by atoms with Gasteiger partial charge in [0.15, 0.2) is 11.6 Å². The fourth-order valence-electron chi connectivity index (χ4n) is 3.20. The van der Waals surface area contributed by atoms with E-state index in [2.05, 4.69) is 13.8 Å². The topological polar surface area (TPSA) is 18.5 Å². The Morgan fingerprint density at radius 3 is 1.93 bits per heavy atom. The van der Waals surface area contributed by atoms with Crippen LogP contribution >= 0.6 is 0 Å². The third-order valence-corrected chi connectivity index (χ3v) is 4.98. The van der Waals surface area contributed by atoms with E-state index in [-0.39, 0.29) is 11.3 Å². The summed E-state index contributed by atoms with van der Waals surface area (Å²) < 4.78 is 40.0. The quantitative estimate of drug-likeness (QED) is 0.298. The van der Waals surface area contributed by atoms with Crippen LogP contribution in [0.15, 0.2) is 36.4 Å². The zero-order chi connectivity index (χ0) is 20.9. The van der Waals surface area contributed by atoms with Gasteiger partial charge in [0.25, 0.3) is 0 Å². The Morgan fingerprint density at radius 1 is 0.621 bits per heavy atom. The number of ether oxygens (including phenoxy) is 2. The number of rotatable bonds is 14. The van der Waals surface area contributed by atoms with Crippen LogP contribution in [0.2, 0.25) is 0 Å². The molecule has 0 aliphatic carbocycles. The van der Waals surface area contributed by atoms with Gasteiger partial charge in [0.1, 0.15) is 5.75 Å². The molecule has 0 aromatic heterocycles. The predicted molar refractivity (Wildman–Crippen MR) is 116 cm³/mol. The molecule has 0 unspecified atom stereocenters. The Kier molecular flexibility index (Phi) is 10.5. The van der Waals surface area contributed by atoms with Crippen LogP contribution in [0.1, 0.15) is 71.6 Å². The molecule has 0 saturated heterocycles. The molecule has 2 rings (SSSR count). The second-order valence-corrected chi connectivity index (χ2v) is 7.44. The van der Waals surface area contributed by atoms with Gasteiger partial charge >= 0.3 is 0 Å². The average molecular weight is 405 g/mol. The van der Waals surface area contributed by atoms with Gasteiger partial charge < -0.3 is 9.47 Å². The predicted octanol–water partition coefficient (Wildman–Crippen LogP) is 7.94. The van der Waals surface area contributed by atoms with Gasteiger partial charge in [-0.3, -0.25) is 0 Å². The lowest BCUT2D eigenvalue weighted by Crippen LogP contribution is -2.01. The molecule has 0 saturated carbocycles. The first-order chi connectivity index (χ1) is 14.2. The van der Waals surface area contributed by atoms with Gasteiger partial charge in [-0.15, -0.1) is 0 Å². The third kappa shape index (κ3) is 7.68. The number of hydrogen-bond donors (Lipinski definition) is 0. The van der Waals surface area contributed by atoms with Gasteiger partial charge in [0, 0.05) is 5.56 Å². The van der Waals surface area contributed by atoms with E-state index in [0.717, 1.165) is 31.4 Å². The van der Waals surface area contributed by atoms with E-state index in [1.165, 1.54) is 38.2 Å². The van der Waals surface area contributed by atoms with E-state index < -0.39 is 11.6 Å². The van der Waals surface area contributed by atoms with E-state index in [1.807, 2.05) is 0 Å². The van der Waals surface area contributed by atoms with Crippen molar-refractivity contribution in [2.45, 2.75) is 71.6 Å². The van der Waals surface area contributed by atoms with Crippen molar-refractivity contribution in [2.24, 2.45) is 0 Å². The minimum atomic E-state index is -0.928. The molecule has 160 valence electrons. The third-order valence-electron chi connectivity index (χ3n) is 4.98. The Hall–Kier alpha value is -2.10. The molecule has 2 aromatic rings. The highest BCUT2D eigenvalue weighted by molar-refractivity contribution is 5.66. The summed E-state index contributed by atoms with van der Waals surface area (Å²) in [6, 6.07) is 10.2. The second-order valence-electron chi connectivity index (χ2n) is 7.44. The van der Waals surface area contributed by atoms with Crippen LogP contribution < -0.4 is 9.47 Å². The summed E-state index contributed by atoms with van der Waals surface area (Å²) in [6.45, 7) is 5.37. The summed E-state index contributed by atoms with van der Waals surface area (Å²) in [6.07, 6.45) is 10.2. The van der Waals surface area contributed by atoms with Crippen LogP contribution in [-0.2, 0) is 0 Å². The smallest absolute Gasteiger partial charge is 0.201 e. The monoisotopic (exact) mass is 404 g/mol. The summed E-state index contributed by atoms with van der Waals surface area (Å²) in [7, 11) is 0. The molecule has 0 radical (unpaired) electrons. The Morgan fingerprint density at radius 2 is 1.21 bits per heavy atom. The molecule has 2 aromatic carbocycles. The van der Waals surface area contributed by atoms with Crippen molar-refractivity contribution < 1.29 is 18.3 Å². The molecular weight excluding hydrogens is 370 g/mol. The highest BCUT2D eigenvalue weighted by Crippen LogP contribution is 2.31. The normalized spacial score (nSPS) is 10.9. The van der Waals surface area contributed by atoms with Gasteiger partial charge in [-0.25, -0.2) is 4.39 Å². The molecule has 0 N–H and O–H groups in total. The Balaban J connectivity index is 1.88. The van der Waals surface area contributed by atoms with Crippen LogP contribution in [0.25, 0.3) is 11.1 Å². The van der Waals surface area contributed by atoms with Gasteiger partial charge in [-0.2, -0.15) is 4.39 Å². The van der Waals surface area contributed by atoms with E-state index in [1.54, 1.807) is 30.3 Å². The van der Waals surface area contributed by atoms with Crippen LogP contribution in [0.5, 0.6) is 11.5 Å².